The first-order valence-electron chi connectivity index (χ1n) is 6.39. The Labute approximate surface area is 118 Å². The van der Waals surface area contributed by atoms with E-state index in [4.69, 9.17) is 10.5 Å². The summed E-state index contributed by atoms with van der Waals surface area (Å²) in [5.41, 5.74) is 0. The lowest BCUT2D eigenvalue weighted by molar-refractivity contribution is -0.120. The Kier molecular flexibility index (Phi) is 11.8. The topological polar surface area (TPSA) is 130 Å². The van der Waals surface area contributed by atoms with E-state index in [2.05, 4.69) is 21.3 Å². The maximum absolute atomic E-state index is 10.9. The molecule has 0 aliphatic rings. The molecule has 0 heterocycles. The molecule has 2 amide bonds. The van der Waals surface area contributed by atoms with E-state index in [0.717, 1.165) is 13.1 Å². The number of amides is 2. The predicted molar refractivity (Wildman–Crippen MR) is 72.2 cm³/mol. The highest BCUT2D eigenvalue weighted by atomic mass is 16.2. The first kappa shape index (κ1) is 17.8. The van der Waals surface area contributed by atoms with E-state index < -0.39 is 0 Å². The van der Waals surface area contributed by atoms with Crippen molar-refractivity contribution in [2.45, 2.75) is 12.8 Å². The van der Waals surface area contributed by atoms with Gasteiger partial charge in [-0.25, -0.2) is 0 Å². The molecule has 110 valence electrons. The zero-order chi connectivity index (χ0) is 15.1. The SMILES string of the molecule is N#CCC(=O)NCCNCCNCCNC(=O)CC#N. The van der Waals surface area contributed by atoms with Gasteiger partial charge in [-0.2, -0.15) is 10.5 Å². The van der Waals surface area contributed by atoms with Crippen LogP contribution < -0.4 is 21.3 Å². The van der Waals surface area contributed by atoms with Gasteiger partial charge < -0.3 is 21.3 Å². The minimum atomic E-state index is -0.263. The summed E-state index contributed by atoms with van der Waals surface area (Å²) in [4.78, 5) is 21.8. The molecule has 0 radical (unpaired) electrons. The molecule has 0 bridgehead atoms. The molecule has 0 unspecified atom stereocenters. The van der Waals surface area contributed by atoms with Crippen molar-refractivity contribution >= 4 is 11.8 Å². The summed E-state index contributed by atoms with van der Waals surface area (Å²) in [6.07, 6.45) is -0.224. The maximum atomic E-state index is 10.9. The molecular formula is C12H20N6O2. The van der Waals surface area contributed by atoms with Crippen LogP contribution in [0, 0.1) is 22.7 Å². The monoisotopic (exact) mass is 280 g/mol. The van der Waals surface area contributed by atoms with Crippen LogP contribution in [0.3, 0.4) is 0 Å². The Morgan fingerprint density at radius 3 is 1.40 bits per heavy atom. The van der Waals surface area contributed by atoms with Gasteiger partial charge >= 0.3 is 0 Å². The number of hydrogen-bond donors (Lipinski definition) is 4. The average molecular weight is 280 g/mol. The van der Waals surface area contributed by atoms with Crippen LogP contribution in [0.1, 0.15) is 12.8 Å². The summed E-state index contributed by atoms with van der Waals surface area (Å²) in [6.45, 7) is 3.73. The van der Waals surface area contributed by atoms with E-state index in [0.29, 0.717) is 26.2 Å². The molecule has 0 spiro atoms. The molecule has 0 fully saturated rings. The largest absolute Gasteiger partial charge is 0.354 e. The molecule has 8 heteroatoms. The lowest BCUT2D eigenvalue weighted by Gasteiger charge is -2.07. The van der Waals surface area contributed by atoms with Crippen molar-refractivity contribution in [3.05, 3.63) is 0 Å². The number of nitrogens with one attached hydrogen (secondary N) is 4. The predicted octanol–water partition coefficient (Wildman–Crippen LogP) is -1.77. The minimum Gasteiger partial charge on any atom is -0.354 e. The van der Waals surface area contributed by atoms with Crippen molar-refractivity contribution in [1.82, 2.24) is 21.3 Å². The summed E-state index contributed by atoms with van der Waals surface area (Å²) in [6, 6.07) is 3.55. The van der Waals surface area contributed by atoms with Crippen LogP contribution in [0.25, 0.3) is 0 Å². The lowest BCUT2D eigenvalue weighted by Crippen LogP contribution is -2.37. The summed E-state index contributed by atoms with van der Waals surface area (Å²) >= 11 is 0. The van der Waals surface area contributed by atoms with Crippen LogP contribution in [0.2, 0.25) is 0 Å². The van der Waals surface area contributed by atoms with Crippen LogP contribution in [0.15, 0.2) is 0 Å². The van der Waals surface area contributed by atoms with Crippen molar-refractivity contribution in [2.24, 2.45) is 0 Å². The Hall–Kier alpha value is -2.16. The standard InChI is InChI=1S/C12H20N6O2/c13-3-1-11(19)17-9-7-15-5-6-16-8-10-18-12(20)2-4-14/h15-16H,1-2,5-10H2,(H,17,19)(H,18,20). The van der Waals surface area contributed by atoms with Crippen molar-refractivity contribution in [1.29, 1.82) is 10.5 Å². The van der Waals surface area contributed by atoms with Crippen LogP contribution >= 0.6 is 0 Å². The van der Waals surface area contributed by atoms with Gasteiger partial charge in [-0.15, -0.1) is 0 Å². The van der Waals surface area contributed by atoms with Crippen LogP contribution in [0.4, 0.5) is 0 Å². The van der Waals surface area contributed by atoms with Gasteiger partial charge in [-0.1, -0.05) is 0 Å². The fraction of sp³-hybridized carbons (Fsp3) is 0.667. The van der Waals surface area contributed by atoms with Gasteiger partial charge in [0, 0.05) is 39.3 Å². The smallest absolute Gasteiger partial charge is 0.234 e. The van der Waals surface area contributed by atoms with Crippen LogP contribution in [-0.2, 0) is 9.59 Å². The molecule has 0 aromatic rings. The Morgan fingerprint density at radius 2 is 1.05 bits per heavy atom. The van der Waals surface area contributed by atoms with Gasteiger partial charge in [0.05, 0.1) is 12.1 Å². The third kappa shape index (κ3) is 12.3. The number of hydrogen-bond acceptors (Lipinski definition) is 6. The molecular weight excluding hydrogens is 260 g/mol. The number of nitriles is 2. The molecule has 0 saturated heterocycles. The molecule has 8 nitrogen and oxygen atoms in total. The third-order valence-electron chi connectivity index (χ3n) is 2.21. The summed E-state index contributed by atoms with van der Waals surface area (Å²) in [5, 5.41) is 28.0. The van der Waals surface area contributed by atoms with Gasteiger partial charge in [-0.05, 0) is 0 Å². The Morgan fingerprint density at radius 1 is 0.700 bits per heavy atom. The molecule has 0 rings (SSSR count). The second-order valence-corrected chi connectivity index (χ2v) is 3.87. The Bertz CT molecular complexity index is 335. The van der Waals surface area contributed by atoms with Gasteiger partial charge in [0.2, 0.25) is 11.8 Å². The molecule has 0 aromatic heterocycles. The second-order valence-electron chi connectivity index (χ2n) is 3.87. The van der Waals surface area contributed by atoms with Crippen molar-refractivity contribution < 1.29 is 9.59 Å². The van der Waals surface area contributed by atoms with Crippen molar-refractivity contribution in [3.63, 3.8) is 0 Å². The van der Waals surface area contributed by atoms with E-state index in [1.807, 2.05) is 0 Å². The highest BCUT2D eigenvalue weighted by Gasteiger charge is 1.98. The highest BCUT2D eigenvalue weighted by molar-refractivity contribution is 5.78. The number of carbonyl (C=O) groups excluding carboxylic acids is 2. The van der Waals surface area contributed by atoms with Crippen molar-refractivity contribution in [2.75, 3.05) is 39.3 Å². The number of rotatable bonds is 11. The van der Waals surface area contributed by atoms with E-state index in [-0.39, 0.29) is 24.7 Å². The molecule has 0 saturated carbocycles. The molecule has 0 atom stereocenters. The molecule has 0 aromatic carbocycles. The second kappa shape index (κ2) is 13.3. The summed E-state index contributed by atoms with van der Waals surface area (Å²) in [5.74, 6) is -0.527. The molecule has 0 aliphatic carbocycles. The normalized spacial score (nSPS) is 9.30. The highest BCUT2D eigenvalue weighted by Crippen LogP contribution is 1.74. The number of nitrogens with zero attached hydrogens (tertiary/aromatic N) is 2. The van der Waals surface area contributed by atoms with E-state index in [1.54, 1.807) is 12.1 Å². The number of carbonyl (C=O) groups is 2. The van der Waals surface area contributed by atoms with Gasteiger partial charge in [-0.3, -0.25) is 9.59 Å². The fourth-order valence-corrected chi connectivity index (χ4v) is 1.28. The van der Waals surface area contributed by atoms with Crippen LogP contribution in [0.5, 0.6) is 0 Å². The first-order valence-corrected chi connectivity index (χ1v) is 6.39. The fourth-order valence-electron chi connectivity index (χ4n) is 1.28. The zero-order valence-electron chi connectivity index (χ0n) is 11.4. The van der Waals surface area contributed by atoms with Gasteiger partial charge in [0.15, 0.2) is 0 Å². The van der Waals surface area contributed by atoms with E-state index in [1.165, 1.54) is 0 Å². The van der Waals surface area contributed by atoms with E-state index in [9.17, 15) is 9.59 Å². The Balaban J connectivity index is 3.18. The average Bonchev–Trinajstić information content (AvgIpc) is 2.41. The molecule has 0 aliphatic heterocycles. The summed E-state index contributed by atoms with van der Waals surface area (Å²) in [7, 11) is 0. The van der Waals surface area contributed by atoms with Crippen LogP contribution in [-0.4, -0.2) is 51.1 Å². The maximum Gasteiger partial charge on any atom is 0.234 e. The van der Waals surface area contributed by atoms with Crippen molar-refractivity contribution in [3.8, 4) is 12.1 Å². The lowest BCUT2D eigenvalue weighted by atomic mass is 10.4. The van der Waals surface area contributed by atoms with E-state index >= 15 is 0 Å². The minimum absolute atomic E-state index is 0.112. The quantitative estimate of drug-likeness (QED) is 0.331. The summed E-state index contributed by atoms with van der Waals surface area (Å²) < 4.78 is 0. The van der Waals surface area contributed by atoms with Gasteiger partial charge in [0.1, 0.15) is 12.8 Å². The third-order valence-corrected chi connectivity index (χ3v) is 2.21. The molecule has 20 heavy (non-hydrogen) atoms. The zero-order valence-corrected chi connectivity index (χ0v) is 11.4. The first-order chi connectivity index (χ1) is 9.70. The molecule has 4 N–H and O–H groups in total. The van der Waals surface area contributed by atoms with Gasteiger partial charge in [0.25, 0.3) is 0 Å².